The molecule has 1 aromatic carbocycles. The highest BCUT2D eigenvalue weighted by molar-refractivity contribution is 5.79. The molecular formula is C13H11F2NO3. The molecule has 0 aliphatic rings. The van der Waals surface area contributed by atoms with Crippen molar-refractivity contribution in [2.75, 3.05) is 0 Å². The number of benzene rings is 1. The summed E-state index contributed by atoms with van der Waals surface area (Å²) in [6.07, 6.45) is -0.148. The van der Waals surface area contributed by atoms with E-state index in [1.165, 1.54) is 0 Å². The van der Waals surface area contributed by atoms with Crippen molar-refractivity contribution in [1.29, 1.82) is 0 Å². The second kappa shape index (κ2) is 4.79. The van der Waals surface area contributed by atoms with Gasteiger partial charge in [-0.05, 0) is 19.4 Å². The van der Waals surface area contributed by atoms with Gasteiger partial charge in [-0.2, -0.15) is 0 Å². The number of aromatic amines is 1. The Morgan fingerprint density at radius 3 is 2.58 bits per heavy atom. The van der Waals surface area contributed by atoms with E-state index in [0.29, 0.717) is 5.69 Å². The maximum absolute atomic E-state index is 13.2. The van der Waals surface area contributed by atoms with Gasteiger partial charge in [0.25, 0.3) is 0 Å². The van der Waals surface area contributed by atoms with E-state index >= 15 is 0 Å². The van der Waals surface area contributed by atoms with Crippen molar-refractivity contribution in [2.45, 2.75) is 19.8 Å². The minimum atomic E-state index is -1.11. The summed E-state index contributed by atoms with van der Waals surface area (Å²) < 4.78 is 26.2. The first kappa shape index (κ1) is 13.2. The van der Waals surface area contributed by atoms with Crippen molar-refractivity contribution >= 4 is 16.9 Å². The first-order valence-corrected chi connectivity index (χ1v) is 5.62. The lowest BCUT2D eigenvalue weighted by atomic mass is 10.0. The molecule has 0 atom stereocenters. The first-order valence-electron chi connectivity index (χ1n) is 5.62. The van der Waals surface area contributed by atoms with Crippen molar-refractivity contribution in [3.8, 4) is 0 Å². The molecule has 4 nitrogen and oxygen atoms in total. The van der Waals surface area contributed by atoms with Crippen molar-refractivity contribution in [3.05, 3.63) is 45.2 Å². The summed E-state index contributed by atoms with van der Waals surface area (Å²) in [6, 6.07) is 1.74. The van der Waals surface area contributed by atoms with Gasteiger partial charge in [-0.15, -0.1) is 0 Å². The Morgan fingerprint density at radius 1 is 1.32 bits per heavy atom. The van der Waals surface area contributed by atoms with Gasteiger partial charge in [-0.3, -0.25) is 9.59 Å². The fourth-order valence-electron chi connectivity index (χ4n) is 1.98. The number of rotatable bonds is 3. The lowest BCUT2D eigenvalue weighted by Gasteiger charge is -2.07. The first-order chi connectivity index (χ1) is 8.90. The predicted octanol–water partition coefficient (Wildman–Crippen LogP) is 2.13. The Hall–Kier alpha value is -2.24. The van der Waals surface area contributed by atoms with Crippen molar-refractivity contribution in [3.63, 3.8) is 0 Å². The number of carboxylic acids is 1. The molecule has 0 spiro atoms. The topological polar surface area (TPSA) is 70.2 Å². The number of aliphatic carboxylic acids is 1. The zero-order valence-electron chi connectivity index (χ0n) is 10.1. The molecule has 0 amide bonds. The highest BCUT2D eigenvalue weighted by atomic mass is 19.2. The van der Waals surface area contributed by atoms with E-state index in [0.717, 1.165) is 12.1 Å². The van der Waals surface area contributed by atoms with Crippen LogP contribution in [0.3, 0.4) is 0 Å². The molecule has 0 aliphatic heterocycles. The maximum Gasteiger partial charge on any atom is 0.303 e. The van der Waals surface area contributed by atoms with E-state index in [1.54, 1.807) is 6.92 Å². The van der Waals surface area contributed by atoms with Crippen LogP contribution >= 0.6 is 0 Å². The number of aryl methyl sites for hydroxylation is 1. The average Bonchev–Trinajstić information content (AvgIpc) is 2.31. The standard InChI is InChI=1S/C13H11F2NO3/c1-6-7(2-3-12(17)18)13(19)8-4-9(14)10(15)5-11(8)16-6/h4-5H,2-3H2,1H3,(H,16,19)(H,17,18). The number of carboxylic acid groups (broad SMARTS) is 1. The third-order valence-electron chi connectivity index (χ3n) is 2.94. The van der Waals surface area contributed by atoms with Gasteiger partial charge in [0, 0.05) is 29.1 Å². The Morgan fingerprint density at radius 2 is 1.95 bits per heavy atom. The number of aromatic nitrogens is 1. The normalized spacial score (nSPS) is 10.9. The lowest BCUT2D eigenvalue weighted by Crippen LogP contribution is -2.15. The van der Waals surface area contributed by atoms with Gasteiger partial charge in [0.1, 0.15) is 0 Å². The maximum atomic E-state index is 13.2. The van der Waals surface area contributed by atoms with Crippen LogP contribution in [0.25, 0.3) is 10.9 Å². The largest absolute Gasteiger partial charge is 0.481 e. The molecule has 2 N–H and O–H groups in total. The van der Waals surface area contributed by atoms with Crippen LogP contribution in [0.1, 0.15) is 17.7 Å². The van der Waals surface area contributed by atoms with Gasteiger partial charge < -0.3 is 10.1 Å². The molecule has 0 saturated heterocycles. The zero-order chi connectivity index (χ0) is 14.2. The van der Waals surface area contributed by atoms with E-state index in [9.17, 15) is 18.4 Å². The average molecular weight is 267 g/mol. The molecule has 6 heteroatoms. The van der Waals surface area contributed by atoms with Crippen LogP contribution in [0.2, 0.25) is 0 Å². The van der Waals surface area contributed by atoms with Gasteiger partial charge in [0.15, 0.2) is 17.1 Å². The third-order valence-corrected chi connectivity index (χ3v) is 2.94. The number of hydrogen-bond donors (Lipinski definition) is 2. The van der Waals surface area contributed by atoms with Crippen LogP contribution in [-0.2, 0) is 11.2 Å². The summed E-state index contributed by atoms with van der Waals surface area (Å²) in [5, 5.41) is 8.65. The smallest absolute Gasteiger partial charge is 0.303 e. The summed E-state index contributed by atoms with van der Waals surface area (Å²) in [5.41, 5.74) is 0.470. The number of hydrogen-bond acceptors (Lipinski definition) is 2. The van der Waals surface area contributed by atoms with Crippen LogP contribution in [0, 0.1) is 18.6 Å². The Balaban J connectivity index is 2.64. The summed E-state index contributed by atoms with van der Waals surface area (Å²) >= 11 is 0. The zero-order valence-corrected chi connectivity index (χ0v) is 10.1. The predicted molar refractivity (Wildman–Crippen MR) is 65.2 cm³/mol. The number of fused-ring (bicyclic) bond motifs is 1. The number of pyridine rings is 1. The lowest BCUT2D eigenvalue weighted by molar-refractivity contribution is -0.136. The molecule has 0 fully saturated rings. The summed E-state index contributed by atoms with van der Waals surface area (Å²) in [4.78, 5) is 25.5. The van der Waals surface area contributed by atoms with Crippen LogP contribution in [0.15, 0.2) is 16.9 Å². The number of nitrogens with one attached hydrogen (secondary N) is 1. The number of carbonyl (C=O) groups is 1. The van der Waals surface area contributed by atoms with Crippen LogP contribution < -0.4 is 5.43 Å². The SMILES string of the molecule is Cc1[nH]c2cc(F)c(F)cc2c(=O)c1CCC(=O)O. The van der Waals surface area contributed by atoms with Gasteiger partial charge in [-0.25, -0.2) is 8.78 Å². The Labute approximate surface area is 106 Å². The molecule has 19 heavy (non-hydrogen) atoms. The number of H-pyrrole nitrogens is 1. The number of halogens is 2. The second-order valence-corrected chi connectivity index (χ2v) is 4.26. The molecule has 2 aromatic rings. The molecule has 0 radical (unpaired) electrons. The second-order valence-electron chi connectivity index (χ2n) is 4.26. The third kappa shape index (κ3) is 2.47. The quantitative estimate of drug-likeness (QED) is 0.895. The highest BCUT2D eigenvalue weighted by Gasteiger charge is 2.13. The van der Waals surface area contributed by atoms with Gasteiger partial charge in [0.2, 0.25) is 0 Å². The van der Waals surface area contributed by atoms with E-state index in [2.05, 4.69) is 4.98 Å². The van der Waals surface area contributed by atoms with E-state index < -0.39 is 23.0 Å². The molecular weight excluding hydrogens is 256 g/mol. The Kier molecular flexibility index (Phi) is 3.33. The monoisotopic (exact) mass is 267 g/mol. The fraction of sp³-hybridized carbons (Fsp3) is 0.231. The summed E-state index contributed by atoms with van der Waals surface area (Å²) in [6.45, 7) is 1.60. The fourth-order valence-corrected chi connectivity index (χ4v) is 1.98. The van der Waals surface area contributed by atoms with Crippen LogP contribution in [0.4, 0.5) is 8.78 Å². The molecule has 2 rings (SSSR count). The van der Waals surface area contributed by atoms with E-state index in [1.807, 2.05) is 0 Å². The minimum Gasteiger partial charge on any atom is -0.481 e. The molecule has 1 aromatic heterocycles. The summed E-state index contributed by atoms with van der Waals surface area (Å²) in [7, 11) is 0. The van der Waals surface area contributed by atoms with Crippen LogP contribution in [-0.4, -0.2) is 16.1 Å². The van der Waals surface area contributed by atoms with Crippen molar-refractivity contribution < 1.29 is 18.7 Å². The van der Waals surface area contributed by atoms with Gasteiger partial charge in [-0.1, -0.05) is 0 Å². The summed E-state index contributed by atoms with van der Waals surface area (Å²) in [5.74, 6) is -3.17. The molecule has 0 unspecified atom stereocenters. The molecule has 0 aliphatic carbocycles. The molecule has 0 bridgehead atoms. The molecule has 100 valence electrons. The van der Waals surface area contributed by atoms with Crippen LogP contribution in [0.5, 0.6) is 0 Å². The Bertz CT molecular complexity index is 722. The van der Waals surface area contributed by atoms with E-state index in [4.69, 9.17) is 5.11 Å². The highest BCUT2D eigenvalue weighted by Crippen LogP contribution is 2.16. The van der Waals surface area contributed by atoms with Gasteiger partial charge >= 0.3 is 5.97 Å². The molecule has 1 heterocycles. The van der Waals surface area contributed by atoms with Gasteiger partial charge in [0.05, 0.1) is 5.52 Å². The van der Waals surface area contributed by atoms with Crippen molar-refractivity contribution in [2.24, 2.45) is 0 Å². The van der Waals surface area contributed by atoms with E-state index in [-0.39, 0.29) is 29.3 Å². The molecule has 0 saturated carbocycles. The minimum absolute atomic E-state index is 0.0184. The van der Waals surface area contributed by atoms with Crippen molar-refractivity contribution in [1.82, 2.24) is 4.98 Å².